The van der Waals surface area contributed by atoms with Gasteiger partial charge in [-0.3, -0.25) is 0 Å². The summed E-state index contributed by atoms with van der Waals surface area (Å²) < 4.78 is 12.3. The summed E-state index contributed by atoms with van der Waals surface area (Å²) in [5.74, 6) is 1.10. The van der Waals surface area contributed by atoms with Crippen LogP contribution in [0.5, 0.6) is 0 Å². The summed E-state index contributed by atoms with van der Waals surface area (Å²) in [5, 5.41) is 0.224. The third-order valence-corrected chi connectivity index (χ3v) is 10.2. The molecule has 2 heterocycles. The van der Waals surface area contributed by atoms with Crippen molar-refractivity contribution in [1.29, 1.82) is 0 Å². The van der Waals surface area contributed by atoms with Crippen molar-refractivity contribution in [2.45, 2.75) is 84.7 Å². The fourth-order valence-electron chi connectivity index (χ4n) is 2.90. The quantitative estimate of drug-likeness (QED) is 0.422. The minimum Gasteiger partial charge on any atom is -0.411 e. The molecular formula is C19H36N2O2Si. The first kappa shape index (κ1) is 19.7. The molecule has 0 aromatic rings. The minimum atomic E-state index is -1.75. The molecule has 0 aliphatic carbocycles. The Balaban J connectivity index is 2.04. The number of allylic oxidation sites excluding steroid dienone is 1. The van der Waals surface area contributed by atoms with Crippen LogP contribution >= 0.6 is 0 Å². The molecule has 2 bridgehead atoms. The molecule has 2 aliphatic heterocycles. The third kappa shape index (κ3) is 4.70. The van der Waals surface area contributed by atoms with Crippen molar-refractivity contribution in [3.63, 3.8) is 0 Å². The van der Waals surface area contributed by atoms with Gasteiger partial charge in [-0.15, -0.1) is 0 Å². The van der Waals surface area contributed by atoms with Crippen molar-refractivity contribution in [3.05, 3.63) is 11.3 Å². The number of likely N-dealkylation sites (tertiary alicyclic amines) is 1. The van der Waals surface area contributed by atoms with Gasteiger partial charge in [0.1, 0.15) is 5.84 Å². The van der Waals surface area contributed by atoms with Crippen LogP contribution in [0.4, 0.5) is 0 Å². The van der Waals surface area contributed by atoms with Crippen molar-refractivity contribution in [2.75, 3.05) is 19.7 Å². The van der Waals surface area contributed by atoms with E-state index in [-0.39, 0.29) is 5.04 Å². The Morgan fingerprint density at radius 2 is 1.67 bits per heavy atom. The molecule has 2 aliphatic rings. The van der Waals surface area contributed by atoms with Gasteiger partial charge in [-0.25, -0.2) is 4.99 Å². The second-order valence-corrected chi connectivity index (χ2v) is 13.8. The largest absolute Gasteiger partial charge is 0.411 e. The molecule has 138 valence electrons. The van der Waals surface area contributed by atoms with Crippen molar-refractivity contribution < 1.29 is 9.16 Å². The number of rotatable bonds is 4. The lowest BCUT2D eigenvalue weighted by molar-refractivity contribution is -0.0159. The molecule has 4 nitrogen and oxygen atoms in total. The van der Waals surface area contributed by atoms with E-state index in [9.17, 15) is 0 Å². The van der Waals surface area contributed by atoms with Gasteiger partial charge < -0.3 is 14.1 Å². The molecule has 2 rings (SSSR count). The number of amidine groups is 1. The molecule has 2 atom stereocenters. The first-order chi connectivity index (χ1) is 11.0. The summed E-state index contributed by atoms with van der Waals surface area (Å²) in [6.07, 6.45) is 3.18. The molecule has 0 radical (unpaired) electrons. The summed E-state index contributed by atoms with van der Waals surface area (Å²) in [7, 11) is -1.75. The van der Waals surface area contributed by atoms with Gasteiger partial charge in [-0.2, -0.15) is 0 Å². The molecule has 5 heteroatoms. The highest BCUT2D eigenvalue weighted by Gasteiger charge is 2.37. The van der Waals surface area contributed by atoms with Crippen LogP contribution in [0.15, 0.2) is 16.3 Å². The monoisotopic (exact) mass is 352 g/mol. The van der Waals surface area contributed by atoms with E-state index in [1.807, 2.05) is 0 Å². The van der Waals surface area contributed by atoms with E-state index in [4.69, 9.17) is 14.2 Å². The maximum absolute atomic E-state index is 6.39. The zero-order valence-electron chi connectivity index (χ0n) is 16.9. The second-order valence-electron chi connectivity index (χ2n) is 9.02. The van der Waals surface area contributed by atoms with Gasteiger partial charge in [0.05, 0.1) is 24.5 Å². The number of fused-ring (bicyclic) bond motifs is 2. The number of nitrogens with zero attached hydrogens (tertiary/aromatic N) is 2. The first-order valence-electron chi connectivity index (χ1n) is 9.25. The van der Waals surface area contributed by atoms with Crippen molar-refractivity contribution in [2.24, 2.45) is 4.99 Å². The van der Waals surface area contributed by atoms with Gasteiger partial charge in [0.2, 0.25) is 0 Å². The first-order valence-corrected chi connectivity index (χ1v) is 12.2. The van der Waals surface area contributed by atoms with Crippen LogP contribution in [0, 0.1) is 0 Å². The maximum Gasteiger partial charge on any atom is 0.192 e. The van der Waals surface area contributed by atoms with Crippen LogP contribution in [-0.4, -0.2) is 51.0 Å². The van der Waals surface area contributed by atoms with Crippen LogP contribution in [0.1, 0.15) is 54.4 Å². The van der Waals surface area contributed by atoms with E-state index in [2.05, 4.69) is 59.5 Å². The van der Waals surface area contributed by atoms with Crippen LogP contribution in [-0.2, 0) is 9.16 Å². The topological polar surface area (TPSA) is 34.1 Å². The number of aliphatic imine (C=N–C) groups is 1. The van der Waals surface area contributed by atoms with Gasteiger partial charge in [-0.1, -0.05) is 26.3 Å². The second kappa shape index (κ2) is 7.30. The highest BCUT2D eigenvalue weighted by Crippen LogP contribution is 2.37. The highest BCUT2D eigenvalue weighted by atomic mass is 28.4. The lowest BCUT2D eigenvalue weighted by Crippen LogP contribution is -2.45. The van der Waals surface area contributed by atoms with E-state index in [0.717, 1.165) is 24.6 Å². The predicted octanol–water partition coefficient (Wildman–Crippen LogP) is 4.58. The van der Waals surface area contributed by atoms with E-state index in [1.54, 1.807) is 0 Å². The van der Waals surface area contributed by atoms with Gasteiger partial charge in [0.25, 0.3) is 0 Å². The Hall–Kier alpha value is -0.653. The molecule has 2 unspecified atom stereocenters. The Labute approximate surface area is 149 Å². The average molecular weight is 353 g/mol. The molecule has 0 N–H and O–H groups in total. The summed E-state index contributed by atoms with van der Waals surface area (Å²) in [4.78, 5) is 7.34. The normalized spacial score (nSPS) is 25.2. The molecule has 2 saturated heterocycles. The van der Waals surface area contributed by atoms with Crippen molar-refractivity contribution in [3.8, 4) is 0 Å². The van der Waals surface area contributed by atoms with Crippen LogP contribution in [0.25, 0.3) is 0 Å². The fourth-order valence-corrected chi connectivity index (χ4v) is 3.83. The molecule has 0 aromatic heterocycles. The summed E-state index contributed by atoms with van der Waals surface area (Å²) >= 11 is 0. The van der Waals surface area contributed by atoms with Crippen LogP contribution < -0.4 is 0 Å². The van der Waals surface area contributed by atoms with E-state index in [1.165, 1.54) is 18.4 Å². The van der Waals surface area contributed by atoms with Gasteiger partial charge >= 0.3 is 0 Å². The Kier molecular flexibility index (Phi) is 5.98. The molecule has 2 fully saturated rings. The lowest BCUT2D eigenvalue weighted by atomic mass is 10.2. The van der Waals surface area contributed by atoms with Crippen molar-refractivity contribution in [1.82, 2.24) is 4.90 Å². The third-order valence-electron chi connectivity index (χ3n) is 5.75. The number of morpholine rings is 1. The highest BCUT2D eigenvalue weighted by molar-refractivity contribution is 6.74. The SMILES string of the molecule is CC(=NC(CO[Si](C)(C)C(C)(C)C)=C(C)C)N1CC2CCC(C1)O2. The van der Waals surface area contributed by atoms with Crippen LogP contribution in [0.3, 0.4) is 0 Å². The smallest absolute Gasteiger partial charge is 0.192 e. The van der Waals surface area contributed by atoms with E-state index in [0.29, 0.717) is 18.8 Å². The molecule has 0 spiro atoms. The molecule has 0 amide bonds. The number of hydrogen-bond donors (Lipinski definition) is 0. The fraction of sp³-hybridized carbons (Fsp3) is 0.842. The Morgan fingerprint density at radius 3 is 2.12 bits per heavy atom. The van der Waals surface area contributed by atoms with Gasteiger partial charge in [0, 0.05) is 13.1 Å². The zero-order valence-corrected chi connectivity index (χ0v) is 17.9. The molecular weight excluding hydrogens is 316 g/mol. The molecule has 0 aromatic carbocycles. The Morgan fingerprint density at radius 1 is 1.12 bits per heavy atom. The molecule has 24 heavy (non-hydrogen) atoms. The summed E-state index contributed by atoms with van der Waals surface area (Å²) in [6, 6.07) is 0. The van der Waals surface area contributed by atoms with E-state index >= 15 is 0 Å². The average Bonchev–Trinajstić information content (AvgIpc) is 2.80. The predicted molar refractivity (Wildman–Crippen MR) is 104 cm³/mol. The van der Waals surface area contributed by atoms with E-state index < -0.39 is 8.32 Å². The van der Waals surface area contributed by atoms with Crippen molar-refractivity contribution >= 4 is 14.2 Å². The number of hydrogen-bond acceptors (Lipinski definition) is 3. The Bertz CT molecular complexity index is 504. The minimum absolute atomic E-state index is 0.224. The summed E-state index contributed by atoms with van der Waals surface area (Å²) in [5.41, 5.74) is 2.32. The maximum atomic E-state index is 6.39. The van der Waals surface area contributed by atoms with Gasteiger partial charge in [0.15, 0.2) is 8.32 Å². The standard InChI is InChI=1S/C19H36N2O2Si/c1-14(2)18(13-22-24(7,8)19(4,5)6)20-15(3)21-11-16-9-10-17(12-21)23-16/h16-17H,9-13H2,1-8H3. The molecule has 0 saturated carbocycles. The van der Waals surface area contributed by atoms with Crippen LogP contribution in [0.2, 0.25) is 18.1 Å². The zero-order chi connectivity index (χ0) is 18.1. The summed E-state index contributed by atoms with van der Waals surface area (Å²) in [6.45, 7) is 20.4. The number of ether oxygens (including phenoxy) is 1. The van der Waals surface area contributed by atoms with Gasteiger partial charge in [-0.05, 0) is 51.7 Å². The lowest BCUT2D eigenvalue weighted by Gasteiger charge is -2.36.